The third-order valence-corrected chi connectivity index (χ3v) is 4.88. The number of carbonyl (C=O) groups is 1. The van der Waals surface area contributed by atoms with Crippen molar-refractivity contribution in [1.29, 1.82) is 0 Å². The highest BCUT2D eigenvalue weighted by atomic mass is 16.5. The maximum atomic E-state index is 11.8. The zero-order chi connectivity index (χ0) is 14.3. The Morgan fingerprint density at radius 1 is 1.40 bits per heavy atom. The third-order valence-electron chi connectivity index (χ3n) is 4.88. The number of likely N-dealkylation sites (tertiary alicyclic amines) is 1. The van der Waals surface area contributed by atoms with E-state index in [4.69, 9.17) is 4.74 Å². The second-order valence-corrected chi connectivity index (χ2v) is 6.05. The van der Waals surface area contributed by atoms with E-state index in [0.29, 0.717) is 17.7 Å². The van der Waals surface area contributed by atoms with Crippen LogP contribution in [0.5, 0.6) is 5.75 Å². The number of hydrogen-bond acceptors (Lipinski definition) is 4. The van der Waals surface area contributed by atoms with Crippen LogP contribution < -0.4 is 0 Å². The maximum Gasteiger partial charge on any atom is 0.309 e. The highest BCUT2D eigenvalue weighted by Gasteiger charge is 2.40. The zero-order valence-corrected chi connectivity index (χ0v) is 12.0. The van der Waals surface area contributed by atoms with Crippen molar-refractivity contribution in [3.05, 3.63) is 29.3 Å². The van der Waals surface area contributed by atoms with E-state index in [9.17, 15) is 9.90 Å². The lowest BCUT2D eigenvalue weighted by Crippen LogP contribution is -2.51. The minimum Gasteiger partial charge on any atom is -0.508 e. The number of likely N-dealkylation sites (N-methyl/N-ethyl adjacent to an activating group) is 1. The molecule has 1 N–H and O–H groups in total. The van der Waals surface area contributed by atoms with Gasteiger partial charge < -0.3 is 14.7 Å². The SMILES string of the molecule is COC(=O)C1CC2Cc3c(O)cccc3CC2N(C)C1. The molecule has 1 aliphatic heterocycles. The number of rotatable bonds is 1. The van der Waals surface area contributed by atoms with Crippen molar-refractivity contribution in [2.75, 3.05) is 20.7 Å². The number of methoxy groups -OCH3 is 1. The van der Waals surface area contributed by atoms with E-state index < -0.39 is 0 Å². The minimum absolute atomic E-state index is 0.0429. The molecular weight excluding hydrogens is 254 g/mol. The molecular formula is C16H21NO3. The minimum atomic E-state index is -0.113. The number of nitrogens with zero attached hydrogens (tertiary/aromatic N) is 1. The van der Waals surface area contributed by atoms with Crippen molar-refractivity contribution < 1.29 is 14.6 Å². The van der Waals surface area contributed by atoms with Gasteiger partial charge in [0, 0.05) is 12.6 Å². The third kappa shape index (κ3) is 2.18. The summed E-state index contributed by atoms with van der Waals surface area (Å²) < 4.78 is 4.90. The normalized spacial score (nSPS) is 29.4. The summed E-state index contributed by atoms with van der Waals surface area (Å²) in [6.45, 7) is 0.766. The summed E-state index contributed by atoms with van der Waals surface area (Å²) in [4.78, 5) is 14.1. The topological polar surface area (TPSA) is 49.8 Å². The number of carbonyl (C=O) groups excluding carboxylic acids is 1. The molecule has 2 aliphatic rings. The van der Waals surface area contributed by atoms with Crippen LogP contribution in [0.15, 0.2) is 18.2 Å². The predicted octanol–water partition coefficient (Wildman–Crippen LogP) is 1.60. The van der Waals surface area contributed by atoms with Crippen LogP contribution in [0.4, 0.5) is 0 Å². The van der Waals surface area contributed by atoms with E-state index in [-0.39, 0.29) is 11.9 Å². The smallest absolute Gasteiger partial charge is 0.309 e. The van der Waals surface area contributed by atoms with E-state index in [0.717, 1.165) is 31.4 Å². The van der Waals surface area contributed by atoms with Gasteiger partial charge in [-0.25, -0.2) is 0 Å². The van der Waals surface area contributed by atoms with Crippen LogP contribution in [0.25, 0.3) is 0 Å². The van der Waals surface area contributed by atoms with Gasteiger partial charge in [0.05, 0.1) is 13.0 Å². The molecule has 0 aromatic heterocycles. The van der Waals surface area contributed by atoms with E-state index in [1.165, 1.54) is 12.7 Å². The Bertz CT molecular complexity index is 528. The van der Waals surface area contributed by atoms with Gasteiger partial charge in [-0.15, -0.1) is 0 Å². The molecule has 0 amide bonds. The summed E-state index contributed by atoms with van der Waals surface area (Å²) in [5, 5.41) is 10.0. The lowest BCUT2D eigenvalue weighted by Gasteiger charge is -2.45. The lowest BCUT2D eigenvalue weighted by atomic mass is 9.72. The van der Waals surface area contributed by atoms with Gasteiger partial charge in [-0.2, -0.15) is 0 Å². The van der Waals surface area contributed by atoms with Crippen LogP contribution in [0, 0.1) is 11.8 Å². The van der Waals surface area contributed by atoms with Gasteiger partial charge >= 0.3 is 5.97 Å². The molecule has 20 heavy (non-hydrogen) atoms. The molecule has 0 spiro atoms. The van der Waals surface area contributed by atoms with E-state index in [2.05, 4.69) is 18.0 Å². The molecule has 1 aromatic carbocycles. The summed E-state index contributed by atoms with van der Waals surface area (Å²) in [6.07, 6.45) is 2.67. The first kappa shape index (κ1) is 13.4. The molecule has 108 valence electrons. The standard InChI is InChI=1S/C16H21NO3/c1-17-9-12(16(19)20-2)6-11-7-13-10(8-14(11)17)4-3-5-15(13)18/h3-5,11-12,14,18H,6-9H2,1-2H3. The van der Waals surface area contributed by atoms with Crippen LogP contribution in [-0.4, -0.2) is 42.7 Å². The first-order valence-electron chi connectivity index (χ1n) is 7.18. The van der Waals surface area contributed by atoms with Crippen LogP contribution in [0.3, 0.4) is 0 Å². The van der Waals surface area contributed by atoms with Gasteiger partial charge in [0.25, 0.3) is 0 Å². The van der Waals surface area contributed by atoms with Crippen LogP contribution in [0.2, 0.25) is 0 Å². The van der Waals surface area contributed by atoms with E-state index in [1.54, 1.807) is 6.07 Å². The monoisotopic (exact) mass is 275 g/mol. The summed E-state index contributed by atoms with van der Waals surface area (Å²) >= 11 is 0. The Morgan fingerprint density at radius 3 is 2.95 bits per heavy atom. The number of esters is 1. The van der Waals surface area contributed by atoms with Gasteiger partial charge in [0.1, 0.15) is 5.75 Å². The number of aromatic hydroxyl groups is 1. The molecule has 0 saturated carbocycles. The summed E-state index contributed by atoms with van der Waals surface area (Å²) in [5.41, 5.74) is 2.31. The number of ether oxygens (including phenoxy) is 1. The molecule has 1 saturated heterocycles. The largest absolute Gasteiger partial charge is 0.508 e. The molecule has 0 bridgehead atoms. The Balaban J connectivity index is 1.86. The number of phenolic OH excluding ortho intramolecular Hbond substituents is 1. The van der Waals surface area contributed by atoms with Crippen molar-refractivity contribution in [1.82, 2.24) is 4.90 Å². The fourth-order valence-corrected chi connectivity index (χ4v) is 3.85. The molecule has 0 radical (unpaired) electrons. The Labute approximate surface area is 119 Å². The van der Waals surface area contributed by atoms with Crippen molar-refractivity contribution in [2.45, 2.75) is 25.3 Å². The number of hydrogen-bond donors (Lipinski definition) is 1. The van der Waals surface area contributed by atoms with Crippen molar-refractivity contribution in [3.63, 3.8) is 0 Å². The number of fused-ring (bicyclic) bond motifs is 2. The van der Waals surface area contributed by atoms with Crippen LogP contribution >= 0.6 is 0 Å². The average molecular weight is 275 g/mol. The Kier molecular flexibility index (Phi) is 3.42. The maximum absolute atomic E-state index is 11.8. The molecule has 1 aliphatic carbocycles. The Morgan fingerprint density at radius 2 is 2.20 bits per heavy atom. The summed E-state index contributed by atoms with van der Waals surface area (Å²) in [6, 6.07) is 6.23. The zero-order valence-electron chi connectivity index (χ0n) is 12.0. The molecule has 1 aromatic rings. The second kappa shape index (κ2) is 5.09. The van der Waals surface area contributed by atoms with Gasteiger partial charge in [-0.1, -0.05) is 12.1 Å². The molecule has 1 fully saturated rings. The molecule has 3 atom stereocenters. The van der Waals surface area contributed by atoms with Gasteiger partial charge in [-0.3, -0.25) is 4.79 Å². The first-order valence-corrected chi connectivity index (χ1v) is 7.18. The molecule has 4 nitrogen and oxygen atoms in total. The Hall–Kier alpha value is -1.55. The second-order valence-electron chi connectivity index (χ2n) is 6.05. The summed E-state index contributed by atoms with van der Waals surface area (Å²) in [5.74, 6) is 0.652. The molecule has 4 heteroatoms. The number of benzene rings is 1. The van der Waals surface area contributed by atoms with Crippen LogP contribution in [0.1, 0.15) is 17.5 Å². The number of phenols is 1. The van der Waals surface area contributed by atoms with Crippen LogP contribution in [-0.2, 0) is 22.4 Å². The van der Waals surface area contributed by atoms with E-state index in [1.807, 2.05) is 6.07 Å². The van der Waals surface area contributed by atoms with Crippen molar-refractivity contribution in [2.24, 2.45) is 11.8 Å². The van der Waals surface area contributed by atoms with E-state index >= 15 is 0 Å². The van der Waals surface area contributed by atoms with Gasteiger partial charge in [0.15, 0.2) is 0 Å². The van der Waals surface area contributed by atoms with Crippen molar-refractivity contribution >= 4 is 5.97 Å². The molecule has 3 unspecified atom stereocenters. The fourth-order valence-electron chi connectivity index (χ4n) is 3.85. The van der Waals surface area contributed by atoms with Gasteiger partial charge in [-0.05, 0) is 49.4 Å². The quantitative estimate of drug-likeness (QED) is 0.791. The number of piperidine rings is 1. The molecule has 1 heterocycles. The van der Waals surface area contributed by atoms with Crippen molar-refractivity contribution in [3.8, 4) is 5.75 Å². The first-order chi connectivity index (χ1) is 9.60. The van der Waals surface area contributed by atoms with Gasteiger partial charge in [0.2, 0.25) is 0 Å². The average Bonchev–Trinajstić information content (AvgIpc) is 2.45. The lowest BCUT2D eigenvalue weighted by molar-refractivity contribution is -0.149. The summed E-state index contributed by atoms with van der Waals surface area (Å²) in [7, 11) is 3.54. The fraction of sp³-hybridized carbons (Fsp3) is 0.562. The molecule has 3 rings (SSSR count). The predicted molar refractivity (Wildman–Crippen MR) is 75.5 cm³/mol. The highest BCUT2D eigenvalue weighted by molar-refractivity contribution is 5.72. The highest BCUT2D eigenvalue weighted by Crippen LogP contribution is 2.39.